The number of hydrogen-bond acceptors (Lipinski definition) is 7. The second kappa shape index (κ2) is 15.2. The summed E-state index contributed by atoms with van der Waals surface area (Å²) < 4.78 is 4.76. The van der Waals surface area contributed by atoms with E-state index in [0.29, 0.717) is 6.42 Å². The van der Waals surface area contributed by atoms with E-state index in [1.54, 1.807) is 34.6 Å². The minimum absolute atomic E-state index is 0.0613. The molecule has 3 amide bonds. The third-order valence-corrected chi connectivity index (χ3v) is 5.86. The number of rotatable bonds is 14. The van der Waals surface area contributed by atoms with Crippen LogP contribution in [-0.2, 0) is 30.3 Å². The third kappa shape index (κ3) is 10.3. The number of nitrogens with one attached hydrogen (secondary N) is 3. The molecular weight excluding hydrogens is 464 g/mol. The van der Waals surface area contributed by atoms with Crippen molar-refractivity contribution in [1.29, 1.82) is 0 Å². The van der Waals surface area contributed by atoms with Gasteiger partial charge in [-0.25, -0.2) is 4.79 Å². The number of nitrogens with two attached hydrogens (primary N) is 1. The lowest BCUT2D eigenvalue weighted by Gasteiger charge is -2.27. The lowest BCUT2D eigenvalue weighted by molar-refractivity contribution is -0.146. The first-order valence-electron chi connectivity index (χ1n) is 12.3. The van der Waals surface area contributed by atoms with Gasteiger partial charge in [0.2, 0.25) is 17.7 Å². The van der Waals surface area contributed by atoms with Crippen molar-refractivity contribution in [1.82, 2.24) is 16.0 Å². The normalized spacial score (nSPS) is 15.4. The first-order chi connectivity index (χ1) is 16.9. The summed E-state index contributed by atoms with van der Waals surface area (Å²) in [5.41, 5.74) is 6.58. The Balaban J connectivity index is 2.81. The smallest absolute Gasteiger partial charge is 0.328 e. The van der Waals surface area contributed by atoms with Gasteiger partial charge in [-0.05, 0) is 37.2 Å². The van der Waals surface area contributed by atoms with Crippen LogP contribution in [0, 0.1) is 11.8 Å². The average molecular weight is 507 g/mol. The van der Waals surface area contributed by atoms with Gasteiger partial charge in [-0.3, -0.25) is 14.4 Å². The number of ether oxygens (including phenoxy) is 1. The zero-order chi connectivity index (χ0) is 27.4. The molecule has 0 saturated carbocycles. The highest BCUT2D eigenvalue weighted by Gasteiger charge is 2.31. The number of aliphatic hydroxyl groups is 1. The fraction of sp³-hybridized carbons (Fsp3) is 0.615. The van der Waals surface area contributed by atoms with Gasteiger partial charge in [0.1, 0.15) is 12.1 Å². The highest BCUT2D eigenvalue weighted by molar-refractivity contribution is 5.91. The molecule has 10 heteroatoms. The van der Waals surface area contributed by atoms with Crippen LogP contribution in [0.15, 0.2) is 30.3 Å². The van der Waals surface area contributed by atoms with E-state index in [0.717, 1.165) is 5.56 Å². The van der Waals surface area contributed by atoms with E-state index in [-0.39, 0.29) is 24.7 Å². The van der Waals surface area contributed by atoms with Crippen molar-refractivity contribution in [3.8, 4) is 0 Å². The van der Waals surface area contributed by atoms with Crippen molar-refractivity contribution in [2.24, 2.45) is 17.6 Å². The number of esters is 1. The molecule has 1 rings (SSSR count). The second-order valence-electron chi connectivity index (χ2n) is 9.74. The number of amides is 3. The lowest BCUT2D eigenvalue weighted by atomic mass is 9.97. The molecule has 1 aromatic carbocycles. The van der Waals surface area contributed by atoms with Crippen molar-refractivity contribution >= 4 is 23.7 Å². The molecule has 36 heavy (non-hydrogen) atoms. The van der Waals surface area contributed by atoms with Crippen LogP contribution in [0.3, 0.4) is 0 Å². The van der Waals surface area contributed by atoms with Crippen molar-refractivity contribution in [3.63, 3.8) is 0 Å². The summed E-state index contributed by atoms with van der Waals surface area (Å²) in [6.07, 6.45) is -0.661. The zero-order valence-corrected chi connectivity index (χ0v) is 22.1. The van der Waals surface area contributed by atoms with E-state index in [1.807, 2.05) is 30.3 Å². The van der Waals surface area contributed by atoms with Gasteiger partial charge in [-0.2, -0.15) is 0 Å². The lowest BCUT2D eigenvalue weighted by Crippen LogP contribution is -2.55. The van der Waals surface area contributed by atoms with Gasteiger partial charge in [0.05, 0.1) is 25.3 Å². The van der Waals surface area contributed by atoms with Gasteiger partial charge in [0, 0.05) is 6.42 Å². The number of hydrogen-bond donors (Lipinski definition) is 5. The molecule has 0 aliphatic rings. The minimum Gasteiger partial charge on any atom is -0.467 e. The van der Waals surface area contributed by atoms with Crippen molar-refractivity contribution in [3.05, 3.63) is 35.9 Å². The Kier molecular flexibility index (Phi) is 13.1. The molecule has 0 aliphatic carbocycles. The predicted octanol–water partition coefficient (Wildman–Crippen LogP) is 0.657. The van der Waals surface area contributed by atoms with Gasteiger partial charge < -0.3 is 31.5 Å². The van der Waals surface area contributed by atoms with E-state index >= 15 is 0 Å². The molecule has 0 unspecified atom stereocenters. The molecule has 0 radical (unpaired) electrons. The molecule has 0 saturated heterocycles. The molecule has 5 atom stereocenters. The van der Waals surface area contributed by atoms with Crippen LogP contribution < -0.4 is 21.7 Å². The first-order valence-corrected chi connectivity index (χ1v) is 12.3. The van der Waals surface area contributed by atoms with Crippen LogP contribution in [-0.4, -0.2) is 66.2 Å². The Bertz CT molecular complexity index is 859. The van der Waals surface area contributed by atoms with Crippen LogP contribution in [0.4, 0.5) is 0 Å². The molecule has 6 N–H and O–H groups in total. The highest BCUT2D eigenvalue weighted by Crippen LogP contribution is 2.12. The van der Waals surface area contributed by atoms with Crippen LogP contribution in [0.5, 0.6) is 0 Å². The summed E-state index contributed by atoms with van der Waals surface area (Å²) in [4.78, 5) is 49.7. The van der Waals surface area contributed by atoms with Crippen molar-refractivity contribution in [2.75, 3.05) is 7.11 Å². The quantitative estimate of drug-likeness (QED) is 0.232. The summed E-state index contributed by atoms with van der Waals surface area (Å²) >= 11 is 0. The Morgan fingerprint density at radius 2 is 1.47 bits per heavy atom. The summed E-state index contributed by atoms with van der Waals surface area (Å²) in [7, 11) is 1.25. The van der Waals surface area contributed by atoms with E-state index in [1.165, 1.54) is 7.11 Å². The van der Waals surface area contributed by atoms with Gasteiger partial charge in [0.25, 0.3) is 0 Å². The average Bonchev–Trinajstić information content (AvgIpc) is 2.83. The first kappa shape index (κ1) is 31.1. The molecule has 0 fully saturated rings. The Hall–Kier alpha value is -2.98. The molecule has 202 valence electrons. The van der Waals surface area contributed by atoms with E-state index in [4.69, 9.17) is 10.5 Å². The molecular formula is C26H42N4O6. The number of carbonyl (C=O) groups is 4. The Morgan fingerprint density at radius 1 is 0.889 bits per heavy atom. The van der Waals surface area contributed by atoms with E-state index in [2.05, 4.69) is 16.0 Å². The Morgan fingerprint density at radius 3 is 1.97 bits per heavy atom. The topological polar surface area (TPSA) is 160 Å². The summed E-state index contributed by atoms with van der Waals surface area (Å²) in [5.74, 6) is -2.34. The number of aliphatic hydroxyl groups excluding tert-OH is 1. The molecule has 0 spiro atoms. The molecule has 0 heterocycles. The van der Waals surface area contributed by atoms with Gasteiger partial charge in [-0.1, -0.05) is 58.0 Å². The molecule has 0 bridgehead atoms. The van der Waals surface area contributed by atoms with Crippen LogP contribution in [0.2, 0.25) is 0 Å². The number of methoxy groups -OCH3 is 1. The largest absolute Gasteiger partial charge is 0.467 e. The van der Waals surface area contributed by atoms with Gasteiger partial charge >= 0.3 is 5.97 Å². The van der Waals surface area contributed by atoms with E-state index < -0.39 is 54.0 Å². The zero-order valence-electron chi connectivity index (χ0n) is 22.1. The molecule has 10 nitrogen and oxygen atoms in total. The molecule has 0 aromatic heterocycles. The van der Waals surface area contributed by atoms with Crippen molar-refractivity contribution in [2.45, 2.75) is 84.2 Å². The predicted molar refractivity (Wildman–Crippen MR) is 137 cm³/mol. The third-order valence-electron chi connectivity index (χ3n) is 5.86. The summed E-state index contributed by atoms with van der Waals surface area (Å²) in [6.45, 7) is 8.67. The highest BCUT2D eigenvalue weighted by atomic mass is 16.5. The Labute approximate surface area is 213 Å². The maximum atomic E-state index is 12.8. The maximum Gasteiger partial charge on any atom is 0.328 e. The monoisotopic (exact) mass is 506 g/mol. The fourth-order valence-corrected chi connectivity index (χ4v) is 3.59. The summed E-state index contributed by atoms with van der Waals surface area (Å²) in [6, 6.07) is 6.26. The second-order valence-corrected chi connectivity index (χ2v) is 9.74. The minimum atomic E-state index is -1.02. The number of carbonyl (C=O) groups excluding carboxylic acids is 4. The number of benzene rings is 1. The van der Waals surface area contributed by atoms with Crippen LogP contribution >= 0.6 is 0 Å². The van der Waals surface area contributed by atoms with Gasteiger partial charge in [0.15, 0.2) is 0 Å². The SMILES string of the molecule is COC(=O)[C@@H](NC(=O)[C@@H](NC(=O)CC[C@H](O)[C@H](Cc1ccccc1)NC(=O)[C@H](C)N)C(C)C)C(C)C. The van der Waals surface area contributed by atoms with Crippen molar-refractivity contribution < 1.29 is 29.0 Å². The van der Waals surface area contributed by atoms with Gasteiger partial charge in [-0.15, -0.1) is 0 Å². The van der Waals surface area contributed by atoms with E-state index in [9.17, 15) is 24.3 Å². The standard InChI is InChI=1S/C26H42N4O6/c1-15(2)22(25(34)30-23(16(3)4)26(35)36-6)29-21(32)13-12-20(31)19(28-24(33)17(5)27)14-18-10-8-7-9-11-18/h7-11,15-17,19-20,22-23,31H,12-14,27H2,1-6H3,(H,28,33)(H,29,32)(H,30,34)/t17-,19-,20-,22-,23-/m0/s1. The summed E-state index contributed by atoms with van der Waals surface area (Å²) in [5, 5.41) is 18.9. The fourth-order valence-electron chi connectivity index (χ4n) is 3.59. The molecule has 1 aromatic rings. The maximum absolute atomic E-state index is 12.8. The molecule has 0 aliphatic heterocycles. The van der Waals surface area contributed by atoms with Crippen LogP contribution in [0.1, 0.15) is 53.0 Å². The van der Waals surface area contributed by atoms with Crippen LogP contribution in [0.25, 0.3) is 0 Å².